The van der Waals surface area contributed by atoms with Gasteiger partial charge in [-0.15, -0.1) is 0 Å². The average molecular weight is 365 g/mol. The maximum Gasteiger partial charge on any atom is 0.416 e. The molecule has 1 saturated heterocycles. The molecule has 1 aromatic heterocycles. The summed E-state index contributed by atoms with van der Waals surface area (Å²) in [4.78, 5) is 4.85. The molecule has 0 bridgehead atoms. The molecule has 0 aliphatic carbocycles. The van der Waals surface area contributed by atoms with E-state index in [1.165, 1.54) is 17.7 Å². The van der Waals surface area contributed by atoms with Gasteiger partial charge in [0.1, 0.15) is 0 Å². The predicted octanol–water partition coefficient (Wildman–Crippen LogP) is 4.25. The van der Waals surface area contributed by atoms with Gasteiger partial charge in [-0.05, 0) is 50.2 Å². The third-order valence-electron chi connectivity index (χ3n) is 5.27. The SMILES string of the molecule is CCN1CCN(Cc2cc(C)n(-c3cccc(C(F)(F)F)c3)c2C)CC1. The maximum atomic E-state index is 13.0. The van der Waals surface area contributed by atoms with Crippen molar-refractivity contribution in [3.8, 4) is 5.69 Å². The highest BCUT2D eigenvalue weighted by atomic mass is 19.4. The lowest BCUT2D eigenvalue weighted by molar-refractivity contribution is -0.137. The zero-order chi connectivity index (χ0) is 18.9. The van der Waals surface area contributed by atoms with Gasteiger partial charge in [0.05, 0.1) is 5.56 Å². The van der Waals surface area contributed by atoms with Crippen LogP contribution in [0.1, 0.15) is 29.4 Å². The number of alkyl halides is 3. The molecule has 1 aromatic carbocycles. The second-order valence-corrected chi connectivity index (χ2v) is 6.99. The van der Waals surface area contributed by atoms with Gasteiger partial charge in [0.15, 0.2) is 0 Å². The molecule has 2 aromatic rings. The fourth-order valence-electron chi connectivity index (χ4n) is 3.71. The molecule has 1 aliphatic rings. The number of aryl methyl sites for hydroxylation is 1. The van der Waals surface area contributed by atoms with Gasteiger partial charge in [-0.1, -0.05) is 13.0 Å². The standard InChI is InChI=1S/C20H26F3N3/c1-4-24-8-10-25(11-9-24)14-17-12-15(2)26(16(17)3)19-7-5-6-18(13-19)20(21,22)23/h5-7,12-13H,4,8-11,14H2,1-3H3. The number of aromatic nitrogens is 1. The van der Waals surface area contributed by atoms with E-state index in [9.17, 15) is 13.2 Å². The summed E-state index contributed by atoms with van der Waals surface area (Å²) in [5.41, 5.74) is 3.12. The Kier molecular flexibility index (Phi) is 5.44. The molecule has 6 heteroatoms. The zero-order valence-corrected chi connectivity index (χ0v) is 15.6. The van der Waals surface area contributed by atoms with Crippen LogP contribution in [-0.2, 0) is 12.7 Å². The molecule has 1 fully saturated rings. The van der Waals surface area contributed by atoms with E-state index in [0.29, 0.717) is 5.69 Å². The highest BCUT2D eigenvalue weighted by molar-refractivity contribution is 5.43. The van der Waals surface area contributed by atoms with Gasteiger partial charge < -0.3 is 9.47 Å². The lowest BCUT2D eigenvalue weighted by atomic mass is 10.2. The summed E-state index contributed by atoms with van der Waals surface area (Å²) >= 11 is 0. The van der Waals surface area contributed by atoms with Crippen molar-refractivity contribution in [3.63, 3.8) is 0 Å². The summed E-state index contributed by atoms with van der Waals surface area (Å²) in [6.45, 7) is 12.2. The Labute approximate surface area is 153 Å². The number of halogens is 3. The highest BCUT2D eigenvalue weighted by Crippen LogP contribution is 2.31. The number of rotatable bonds is 4. The summed E-state index contributed by atoms with van der Waals surface area (Å²) < 4.78 is 41.0. The van der Waals surface area contributed by atoms with Gasteiger partial charge >= 0.3 is 6.18 Å². The van der Waals surface area contributed by atoms with E-state index < -0.39 is 11.7 Å². The molecular weight excluding hydrogens is 339 g/mol. The van der Waals surface area contributed by atoms with Crippen molar-refractivity contribution in [1.82, 2.24) is 14.4 Å². The van der Waals surface area contributed by atoms with Gasteiger partial charge in [0.25, 0.3) is 0 Å². The fraction of sp³-hybridized carbons (Fsp3) is 0.500. The number of hydrogen-bond donors (Lipinski definition) is 0. The van der Waals surface area contributed by atoms with E-state index in [2.05, 4.69) is 22.8 Å². The smallest absolute Gasteiger partial charge is 0.318 e. The first-order valence-corrected chi connectivity index (χ1v) is 9.09. The largest absolute Gasteiger partial charge is 0.416 e. The van der Waals surface area contributed by atoms with Crippen LogP contribution in [0.15, 0.2) is 30.3 Å². The normalized spacial score (nSPS) is 17.0. The van der Waals surface area contributed by atoms with Crippen LogP contribution in [0.5, 0.6) is 0 Å². The van der Waals surface area contributed by atoms with Gasteiger partial charge in [-0.3, -0.25) is 4.90 Å². The Bertz CT molecular complexity index is 756. The summed E-state index contributed by atoms with van der Waals surface area (Å²) in [5.74, 6) is 0. The van der Waals surface area contributed by atoms with Crippen molar-refractivity contribution in [2.75, 3.05) is 32.7 Å². The van der Waals surface area contributed by atoms with Gasteiger partial charge in [0, 0.05) is 49.8 Å². The Morgan fingerprint density at radius 1 is 0.962 bits per heavy atom. The van der Waals surface area contributed by atoms with Crippen molar-refractivity contribution in [3.05, 3.63) is 52.8 Å². The summed E-state index contributed by atoms with van der Waals surface area (Å²) in [7, 11) is 0. The predicted molar refractivity (Wildman–Crippen MR) is 97.6 cm³/mol. The second kappa shape index (κ2) is 7.45. The molecule has 0 N–H and O–H groups in total. The second-order valence-electron chi connectivity index (χ2n) is 6.99. The minimum absolute atomic E-state index is 0.567. The first-order valence-electron chi connectivity index (χ1n) is 9.09. The molecular formula is C20H26F3N3. The van der Waals surface area contributed by atoms with Crippen molar-refractivity contribution < 1.29 is 13.2 Å². The maximum absolute atomic E-state index is 13.0. The number of hydrogen-bond acceptors (Lipinski definition) is 2. The summed E-state index contributed by atoms with van der Waals surface area (Å²) in [5, 5.41) is 0. The Morgan fingerprint density at radius 3 is 2.23 bits per heavy atom. The van der Waals surface area contributed by atoms with Crippen LogP contribution in [0.4, 0.5) is 13.2 Å². The Morgan fingerprint density at radius 2 is 1.62 bits per heavy atom. The molecule has 3 nitrogen and oxygen atoms in total. The van der Waals surface area contributed by atoms with Crippen molar-refractivity contribution in [2.24, 2.45) is 0 Å². The van der Waals surface area contributed by atoms with Crippen LogP contribution in [0, 0.1) is 13.8 Å². The molecule has 0 saturated carbocycles. The van der Waals surface area contributed by atoms with Gasteiger partial charge in [0.2, 0.25) is 0 Å². The molecule has 26 heavy (non-hydrogen) atoms. The number of piperazine rings is 1. The number of likely N-dealkylation sites (N-methyl/N-ethyl adjacent to an activating group) is 1. The van der Waals surface area contributed by atoms with E-state index in [-0.39, 0.29) is 0 Å². The van der Waals surface area contributed by atoms with E-state index >= 15 is 0 Å². The van der Waals surface area contributed by atoms with Crippen molar-refractivity contribution in [1.29, 1.82) is 0 Å². The first-order chi connectivity index (χ1) is 12.3. The third-order valence-corrected chi connectivity index (χ3v) is 5.27. The highest BCUT2D eigenvalue weighted by Gasteiger charge is 2.30. The van der Waals surface area contributed by atoms with Crippen LogP contribution in [0.3, 0.4) is 0 Å². The minimum atomic E-state index is -4.33. The van der Waals surface area contributed by atoms with Gasteiger partial charge in [-0.2, -0.15) is 13.2 Å². The molecule has 3 rings (SSSR count). The van der Waals surface area contributed by atoms with Crippen molar-refractivity contribution >= 4 is 0 Å². The monoisotopic (exact) mass is 365 g/mol. The molecule has 2 heterocycles. The van der Waals surface area contributed by atoms with Crippen molar-refractivity contribution in [2.45, 2.75) is 33.5 Å². The molecule has 0 atom stereocenters. The fourth-order valence-corrected chi connectivity index (χ4v) is 3.71. The molecule has 0 unspecified atom stereocenters. The van der Waals surface area contributed by atoms with E-state index in [0.717, 1.165) is 56.7 Å². The lowest BCUT2D eigenvalue weighted by Gasteiger charge is -2.34. The Hall–Kier alpha value is -1.79. The number of nitrogens with zero attached hydrogens (tertiary/aromatic N) is 3. The van der Waals surface area contributed by atoms with Crippen LogP contribution < -0.4 is 0 Å². The van der Waals surface area contributed by atoms with Gasteiger partial charge in [-0.25, -0.2) is 0 Å². The van der Waals surface area contributed by atoms with Crippen LogP contribution in [0.25, 0.3) is 5.69 Å². The van der Waals surface area contributed by atoms with Crippen LogP contribution in [-0.4, -0.2) is 47.1 Å². The van der Waals surface area contributed by atoms with Crippen LogP contribution in [0.2, 0.25) is 0 Å². The van der Waals surface area contributed by atoms with E-state index in [1.807, 2.05) is 18.4 Å². The van der Waals surface area contributed by atoms with E-state index in [4.69, 9.17) is 0 Å². The molecule has 0 amide bonds. The number of benzene rings is 1. The molecule has 0 radical (unpaired) electrons. The summed E-state index contributed by atoms with van der Waals surface area (Å²) in [6, 6.07) is 7.65. The van der Waals surface area contributed by atoms with Crippen LogP contribution >= 0.6 is 0 Å². The molecule has 1 aliphatic heterocycles. The first kappa shape index (κ1) is 19.0. The average Bonchev–Trinajstić information content (AvgIpc) is 2.88. The summed E-state index contributed by atoms with van der Waals surface area (Å²) in [6.07, 6.45) is -4.33. The Balaban J connectivity index is 1.83. The zero-order valence-electron chi connectivity index (χ0n) is 15.6. The molecule has 142 valence electrons. The topological polar surface area (TPSA) is 11.4 Å². The minimum Gasteiger partial charge on any atom is -0.318 e. The quantitative estimate of drug-likeness (QED) is 0.802. The lowest BCUT2D eigenvalue weighted by Crippen LogP contribution is -2.45. The molecule has 0 spiro atoms. The van der Waals surface area contributed by atoms with E-state index in [1.54, 1.807) is 6.07 Å². The third kappa shape index (κ3) is 3.96.